The van der Waals surface area contributed by atoms with Crippen molar-refractivity contribution < 1.29 is 5.11 Å². The van der Waals surface area contributed by atoms with E-state index in [0.717, 1.165) is 16.9 Å². The van der Waals surface area contributed by atoms with Crippen molar-refractivity contribution in [2.75, 3.05) is 23.8 Å². The highest BCUT2D eigenvalue weighted by molar-refractivity contribution is 5.87. The zero-order valence-corrected chi connectivity index (χ0v) is 13.2. The van der Waals surface area contributed by atoms with E-state index in [9.17, 15) is 0 Å². The molecule has 3 N–H and O–H groups in total. The average Bonchev–Trinajstić information content (AvgIpc) is 2.93. The van der Waals surface area contributed by atoms with E-state index < -0.39 is 0 Å². The van der Waals surface area contributed by atoms with Crippen molar-refractivity contribution in [3.8, 4) is 0 Å². The quantitative estimate of drug-likeness (QED) is 0.642. The van der Waals surface area contributed by atoms with Crippen LogP contribution >= 0.6 is 0 Å². The van der Waals surface area contributed by atoms with Crippen molar-refractivity contribution in [3.05, 3.63) is 41.6 Å². The van der Waals surface area contributed by atoms with Crippen molar-refractivity contribution in [3.63, 3.8) is 0 Å². The molecule has 2 heterocycles. The number of hydrogen-bond donors (Lipinski definition) is 3. The topological polar surface area (TPSA) is 87.9 Å². The van der Waals surface area contributed by atoms with Crippen LogP contribution in [0.2, 0.25) is 0 Å². The molecule has 0 atom stereocenters. The van der Waals surface area contributed by atoms with Gasteiger partial charge in [-0.2, -0.15) is 15.1 Å². The summed E-state index contributed by atoms with van der Waals surface area (Å²) in [6.45, 7) is 3.17. The fourth-order valence-electron chi connectivity index (χ4n) is 2.30. The maximum absolute atomic E-state index is 8.95. The maximum Gasteiger partial charge on any atom is 0.226 e. The zero-order chi connectivity index (χ0) is 16.2. The summed E-state index contributed by atoms with van der Waals surface area (Å²) in [4.78, 5) is 8.91. The van der Waals surface area contributed by atoms with Gasteiger partial charge in [0.25, 0.3) is 0 Å². The number of aromatic nitrogens is 4. The molecule has 0 fully saturated rings. The Morgan fingerprint density at radius 3 is 2.65 bits per heavy atom. The molecule has 0 unspecified atom stereocenters. The molecule has 120 valence electrons. The van der Waals surface area contributed by atoms with Crippen LogP contribution in [0.25, 0.3) is 11.0 Å². The monoisotopic (exact) mass is 312 g/mol. The number of nitrogens with one attached hydrogen (secondary N) is 2. The Kier molecular flexibility index (Phi) is 4.38. The van der Waals surface area contributed by atoms with Gasteiger partial charge in [-0.15, -0.1) is 0 Å². The van der Waals surface area contributed by atoms with Crippen molar-refractivity contribution >= 4 is 22.8 Å². The normalized spacial score (nSPS) is 10.9. The molecule has 23 heavy (non-hydrogen) atoms. The summed E-state index contributed by atoms with van der Waals surface area (Å²) in [6.07, 6.45) is 1.75. The Bertz CT molecular complexity index is 796. The summed E-state index contributed by atoms with van der Waals surface area (Å²) in [5.74, 6) is 1.20. The predicted octanol–water partition coefficient (Wildman–Crippen LogP) is 1.69. The molecule has 0 amide bonds. The molecule has 7 heteroatoms. The molecule has 0 aliphatic rings. The number of benzene rings is 1. The van der Waals surface area contributed by atoms with Crippen LogP contribution in [0.4, 0.5) is 11.8 Å². The van der Waals surface area contributed by atoms with Gasteiger partial charge in [0, 0.05) is 20.1 Å². The first-order valence-electron chi connectivity index (χ1n) is 7.51. The summed E-state index contributed by atoms with van der Waals surface area (Å²) < 4.78 is 1.71. The highest BCUT2D eigenvalue weighted by atomic mass is 16.3. The number of rotatable bonds is 6. The van der Waals surface area contributed by atoms with E-state index in [1.807, 2.05) is 7.05 Å². The minimum Gasteiger partial charge on any atom is -0.395 e. The number of aliphatic hydroxyl groups excluding tert-OH is 1. The van der Waals surface area contributed by atoms with Gasteiger partial charge < -0.3 is 15.7 Å². The van der Waals surface area contributed by atoms with Gasteiger partial charge in [-0.1, -0.05) is 29.8 Å². The second-order valence-corrected chi connectivity index (χ2v) is 5.39. The summed E-state index contributed by atoms with van der Waals surface area (Å²) in [5.41, 5.74) is 3.16. The van der Waals surface area contributed by atoms with Gasteiger partial charge in [0.05, 0.1) is 18.2 Å². The fourth-order valence-corrected chi connectivity index (χ4v) is 2.30. The Balaban J connectivity index is 1.87. The molecule has 2 aromatic heterocycles. The number of fused-ring (bicyclic) bond motifs is 1. The number of hydrogen-bond acceptors (Lipinski definition) is 6. The lowest BCUT2D eigenvalue weighted by Gasteiger charge is -2.10. The van der Waals surface area contributed by atoms with Crippen LogP contribution < -0.4 is 10.6 Å². The molecule has 0 spiro atoms. The van der Waals surface area contributed by atoms with Crippen molar-refractivity contribution in [2.24, 2.45) is 7.05 Å². The van der Waals surface area contributed by atoms with Gasteiger partial charge in [-0.05, 0) is 12.5 Å². The Labute approximate surface area is 134 Å². The Morgan fingerprint density at radius 2 is 1.91 bits per heavy atom. The predicted molar refractivity (Wildman–Crippen MR) is 90.4 cm³/mol. The minimum absolute atomic E-state index is 0.0267. The third kappa shape index (κ3) is 3.40. The van der Waals surface area contributed by atoms with E-state index in [0.29, 0.717) is 19.0 Å². The lowest BCUT2D eigenvalue weighted by atomic mass is 10.1. The molecule has 0 radical (unpaired) electrons. The number of anilines is 2. The minimum atomic E-state index is 0.0267. The van der Waals surface area contributed by atoms with E-state index in [-0.39, 0.29) is 6.61 Å². The second kappa shape index (κ2) is 6.62. The highest BCUT2D eigenvalue weighted by Gasteiger charge is 2.11. The van der Waals surface area contributed by atoms with E-state index >= 15 is 0 Å². The van der Waals surface area contributed by atoms with Crippen LogP contribution in [0.3, 0.4) is 0 Å². The van der Waals surface area contributed by atoms with Gasteiger partial charge in [0.15, 0.2) is 5.65 Å². The molecule has 0 aliphatic carbocycles. The largest absolute Gasteiger partial charge is 0.395 e. The van der Waals surface area contributed by atoms with Crippen LogP contribution in [0, 0.1) is 6.92 Å². The van der Waals surface area contributed by atoms with Gasteiger partial charge >= 0.3 is 0 Å². The SMILES string of the molecule is Cc1ccc(CNc2nc(NCCO)nc3c2cnn3C)cc1. The third-order valence-corrected chi connectivity index (χ3v) is 3.57. The number of aliphatic hydroxyl groups is 1. The standard InChI is InChI=1S/C16H20N6O/c1-11-3-5-12(6-4-11)9-18-14-13-10-19-22(2)15(13)21-16(20-14)17-7-8-23/h3-6,10,23H,7-9H2,1-2H3,(H2,17,18,20,21). The molecule has 0 saturated carbocycles. The smallest absolute Gasteiger partial charge is 0.226 e. The van der Waals surface area contributed by atoms with Crippen LogP contribution in [0.5, 0.6) is 0 Å². The molecule has 3 aromatic rings. The van der Waals surface area contributed by atoms with E-state index in [1.165, 1.54) is 11.1 Å². The molecule has 7 nitrogen and oxygen atoms in total. The third-order valence-electron chi connectivity index (χ3n) is 3.57. The first-order valence-corrected chi connectivity index (χ1v) is 7.51. The zero-order valence-electron chi connectivity index (χ0n) is 13.2. The molecule has 0 aliphatic heterocycles. The van der Waals surface area contributed by atoms with Gasteiger partial charge in [0.1, 0.15) is 5.82 Å². The lowest BCUT2D eigenvalue weighted by molar-refractivity contribution is 0.311. The van der Waals surface area contributed by atoms with Crippen LogP contribution in [0.15, 0.2) is 30.5 Å². The van der Waals surface area contributed by atoms with Crippen LogP contribution in [-0.4, -0.2) is 38.0 Å². The van der Waals surface area contributed by atoms with Crippen molar-refractivity contribution in [1.29, 1.82) is 0 Å². The maximum atomic E-state index is 8.95. The lowest BCUT2D eigenvalue weighted by Crippen LogP contribution is -2.11. The fraction of sp³-hybridized carbons (Fsp3) is 0.312. The summed E-state index contributed by atoms with van der Waals surface area (Å²) in [6, 6.07) is 8.36. The van der Waals surface area contributed by atoms with Crippen molar-refractivity contribution in [2.45, 2.75) is 13.5 Å². The number of nitrogens with zero attached hydrogens (tertiary/aromatic N) is 4. The van der Waals surface area contributed by atoms with Crippen LogP contribution in [-0.2, 0) is 13.6 Å². The van der Waals surface area contributed by atoms with Crippen molar-refractivity contribution in [1.82, 2.24) is 19.7 Å². The highest BCUT2D eigenvalue weighted by Crippen LogP contribution is 2.22. The summed E-state index contributed by atoms with van der Waals surface area (Å²) in [7, 11) is 1.84. The molecule has 3 rings (SSSR count). The second-order valence-electron chi connectivity index (χ2n) is 5.39. The summed E-state index contributed by atoms with van der Waals surface area (Å²) in [5, 5.41) is 20.4. The van der Waals surface area contributed by atoms with E-state index in [1.54, 1.807) is 10.9 Å². The number of aryl methyl sites for hydroxylation is 2. The Morgan fingerprint density at radius 1 is 1.13 bits per heavy atom. The van der Waals surface area contributed by atoms with Gasteiger partial charge in [-0.3, -0.25) is 4.68 Å². The van der Waals surface area contributed by atoms with E-state index in [2.05, 4.69) is 56.9 Å². The molecule has 1 aromatic carbocycles. The molecule has 0 bridgehead atoms. The molecule has 0 saturated heterocycles. The first kappa shape index (κ1) is 15.2. The summed E-state index contributed by atoms with van der Waals surface area (Å²) >= 11 is 0. The first-order chi connectivity index (χ1) is 11.2. The molecular weight excluding hydrogens is 292 g/mol. The average molecular weight is 312 g/mol. The van der Waals surface area contributed by atoms with E-state index in [4.69, 9.17) is 5.11 Å². The Hall–Kier alpha value is -2.67. The van der Waals surface area contributed by atoms with Crippen LogP contribution in [0.1, 0.15) is 11.1 Å². The van der Waals surface area contributed by atoms with Gasteiger partial charge in [0.2, 0.25) is 5.95 Å². The molecular formula is C16H20N6O. The van der Waals surface area contributed by atoms with Gasteiger partial charge in [-0.25, -0.2) is 0 Å².